The van der Waals surface area contributed by atoms with E-state index < -0.39 is 17.7 Å². The number of aromatic amines is 2. The van der Waals surface area contributed by atoms with Crippen LogP contribution in [0.1, 0.15) is 95.3 Å². The zero-order valence-corrected chi connectivity index (χ0v) is 32.9. The van der Waals surface area contributed by atoms with Crippen molar-refractivity contribution in [2.45, 2.75) is 96.9 Å². The summed E-state index contributed by atoms with van der Waals surface area (Å²) in [4.78, 5) is 64.1. The van der Waals surface area contributed by atoms with E-state index in [1.807, 2.05) is 51.8 Å². The summed E-state index contributed by atoms with van der Waals surface area (Å²) in [6.45, 7) is 10.7. The third kappa shape index (κ3) is 7.22. The Hall–Kier alpha value is -5.72. The summed E-state index contributed by atoms with van der Waals surface area (Å²) in [6.07, 6.45) is 5.98. The van der Waals surface area contributed by atoms with Crippen LogP contribution in [0.5, 0.6) is 0 Å². The van der Waals surface area contributed by atoms with Crippen LogP contribution < -0.4 is 5.32 Å². The molecule has 3 aromatic heterocycles. The summed E-state index contributed by atoms with van der Waals surface area (Å²) in [6, 6.07) is 15.9. The van der Waals surface area contributed by atoms with Crippen LogP contribution in [0.3, 0.4) is 0 Å². The normalized spacial score (nSPS) is 18.6. The molecular formula is C43H50N8O5. The molecule has 0 radical (unpaired) electrons. The van der Waals surface area contributed by atoms with Crippen LogP contribution in [0.25, 0.3) is 44.7 Å². The van der Waals surface area contributed by atoms with Gasteiger partial charge < -0.3 is 29.7 Å². The SMILES string of the molecule is COC(=O)N[C@H](C(=O)N1CCC[C@H]1c1nc2c([nH]1)-c1ccc(-c3ccc4cc(-c5cnc([C@@H]6CCCN6C(=O)OC(C)(C)C)[nH]5)ccc4n3)cc1CC2)C(C)C. The molecule has 13 heteroatoms. The lowest BCUT2D eigenvalue weighted by molar-refractivity contribution is -0.135. The van der Waals surface area contributed by atoms with Gasteiger partial charge in [-0.05, 0) is 95.0 Å². The molecule has 2 fully saturated rings. The van der Waals surface area contributed by atoms with E-state index in [4.69, 9.17) is 19.4 Å². The molecule has 3 amide bonds. The average molecular weight is 759 g/mol. The molecule has 0 bridgehead atoms. The van der Waals surface area contributed by atoms with E-state index in [9.17, 15) is 14.4 Å². The second kappa shape index (κ2) is 14.7. The molecule has 8 rings (SSSR count). The summed E-state index contributed by atoms with van der Waals surface area (Å²) >= 11 is 0. The number of hydrogen-bond donors (Lipinski definition) is 3. The van der Waals surface area contributed by atoms with Crippen LogP contribution in [0.15, 0.2) is 54.7 Å². The number of pyridine rings is 1. The van der Waals surface area contributed by atoms with Gasteiger partial charge in [0.1, 0.15) is 23.3 Å². The van der Waals surface area contributed by atoms with Crippen LogP contribution in [-0.2, 0) is 27.1 Å². The number of amides is 3. The minimum atomic E-state index is -0.677. The highest BCUT2D eigenvalue weighted by atomic mass is 16.6. The van der Waals surface area contributed by atoms with Gasteiger partial charge >= 0.3 is 12.2 Å². The summed E-state index contributed by atoms with van der Waals surface area (Å²) in [5.41, 5.74) is 8.55. The minimum absolute atomic E-state index is 0.0956. The number of fused-ring (bicyclic) bond motifs is 4. The quantitative estimate of drug-likeness (QED) is 0.151. The van der Waals surface area contributed by atoms with Gasteiger partial charge in [0, 0.05) is 35.2 Å². The fourth-order valence-corrected chi connectivity index (χ4v) is 8.34. The number of carbonyl (C=O) groups is 3. The maximum Gasteiger partial charge on any atom is 0.410 e. The summed E-state index contributed by atoms with van der Waals surface area (Å²) in [7, 11) is 1.30. The van der Waals surface area contributed by atoms with Gasteiger partial charge in [0.05, 0.1) is 53.7 Å². The number of hydrogen-bond acceptors (Lipinski definition) is 8. The third-order valence-electron chi connectivity index (χ3n) is 11.1. The predicted octanol–water partition coefficient (Wildman–Crippen LogP) is 7.90. The van der Waals surface area contributed by atoms with Crippen LogP contribution >= 0.6 is 0 Å². The fourth-order valence-electron chi connectivity index (χ4n) is 8.34. The number of nitrogens with zero attached hydrogens (tertiary/aromatic N) is 5. The molecule has 5 heterocycles. The van der Waals surface area contributed by atoms with E-state index in [1.54, 1.807) is 4.90 Å². The van der Waals surface area contributed by atoms with Crippen molar-refractivity contribution in [2.75, 3.05) is 20.2 Å². The Morgan fingerprint density at radius 2 is 1.62 bits per heavy atom. The molecule has 2 aromatic carbocycles. The number of ether oxygens (including phenoxy) is 2. The zero-order chi connectivity index (χ0) is 39.3. The van der Waals surface area contributed by atoms with Crippen LogP contribution in [0.2, 0.25) is 0 Å². The Kier molecular flexibility index (Phi) is 9.80. The van der Waals surface area contributed by atoms with Crippen LogP contribution in [-0.4, -0.2) is 84.7 Å². The highest BCUT2D eigenvalue weighted by molar-refractivity contribution is 5.87. The number of benzene rings is 2. The molecule has 0 saturated carbocycles. The first kappa shape index (κ1) is 37.2. The van der Waals surface area contributed by atoms with Gasteiger partial charge in [0.15, 0.2) is 0 Å². The van der Waals surface area contributed by atoms with E-state index in [2.05, 4.69) is 62.7 Å². The molecule has 56 heavy (non-hydrogen) atoms. The number of alkyl carbamates (subject to hydrolysis) is 1. The maximum absolute atomic E-state index is 13.7. The molecule has 2 aliphatic heterocycles. The Balaban J connectivity index is 0.987. The first-order valence-corrected chi connectivity index (χ1v) is 19.7. The van der Waals surface area contributed by atoms with Gasteiger partial charge in [-0.1, -0.05) is 38.1 Å². The van der Waals surface area contributed by atoms with Crippen LogP contribution in [0, 0.1) is 5.92 Å². The number of nitrogens with one attached hydrogen (secondary N) is 3. The van der Waals surface area contributed by atoms with Gasteiger partial charge in [0.25, 0.3) is 0 Å². The molecule has 0 unspecified atom stereocenters. The van der Waals surface area contributed by atoms with E-state index in [0.29, 0.717) is 13.1 Å². The van der Waals surface area contributed by atoms with E-state index >= 15 is 0 Å². The van der Waals surface area contributed by atoms with E-state index in [1.165, 1.54) is 12.7 Å². The number of aromatic nitrogens is 5. The van der Waals surface area contributed by atoms with Crippen molar-refractivity contribution < 1.29 is 23.9 Å². The number of carbonyl (C=O) groups excluding carboxylic acids is 3. The number of methoxy groups -OCH3 is 1. The van der Waals surface area contributed by atoms with Gasteiger partial charge in [-0.15, -0.1) is 0 Å². The van der Waals surface area contributed by atoms with Crippen molar-refractivity contribution in [3.63, 3.8) is 0 Å². The Morgan fingerprint density at radius 3 is 2.38 bits per heavy atom. The first-order chi connectivity index (χ1) is 26.9. The highest BCUT2D eigenvalue weighted by Gasteiger charge is 2.39. The molecule has 3 atom stereocenters. The number of imidazole rings is 2. The second-order valence-corrected chi connectivity index (χ2v) is 16.5. The zero-order valence-electron chi connectivity index (χ0n) is 32.9. The summed E-state index contributed by atoms with van der Waals surface area (Å²) < 4.78 is 10.4. The predicted molar refractivity (Wildman–Crippen MR) is 213 cm³/mol. The molecule has 5 aromatic rings. The Labute approximate surface area is 326 Å². The first-order valence-electron chi connectivity index (χ1n) is 19.7. The lowest BCUT2D eigenvalue weighted by atomic mass is 9.90. The average Bonchev–Trinajstić information content (AvgIpc) is 4.01. The molecule has 13 nitrogen and oxygen atoms in total. The molecule has 2 saturated heterocycles. The van der Waals surface area contributed by atoms with Crippen molar-refractivity contribution in [2.24, 2.45) is 5.92 Å². The third-order valence-corrected chi connectivity index (χ3v) is 11.1. The van der Waals surface area contributed by atoms with Gasteiger partial charge in [-0.2, -0.15) is 0 Å². The molecule has 3 N–H and O–H groups in total. The smallest absolute Gasteiger partial charge is 0.410 e. The second-order valence-electron chi connectivity index (χ2n) is 16.5. The van der Waals surface area contributed by atoms with Crippen LogP contribution in [0.4, 0.5) is 9.59 Å². The summed E-state index contributed by atoms with van der Waals surface area (Å²) in [5, 5.41) is 3.75. The van der Waals surface area contributed by atoms with Crippen molar-refractivity contribution in [1.29, 1.82) is 0 Å². The van der Waals surface area contributed by atoms with Crippen molar-refractivity contribution in [1.82, 2.24) is 40.0 Å². The van der Waals surface area contributed by atoms with Crippen molar-refractivity contribution in [3.8, 4) is 33.8 Å². The van der Waals surface area contributed by atoms with E-state index in [0.717, 1.165) is 101 Å². The monoisotopic (exact) mass is 758 g/mol. The lowest BCUT2D eigenvalue weighted by Crippen LogP contribution is -2.51. The largest absolute Gasteiger partial charge is 0.453 e. The highest BCUT2D eigenvalue weighted by Crippen LogP contribution is 2.39. The van der Waals surface area contributed by atoms with E-state index in [-0.39, 0.29) is 30.0 Å². The van der Waals surface area contributed by atoms with Gasteiger partial charge in [0.2, 0.25) is 5.91 Å². The number of likely N-dealkylation sites (tertiary alicyclic amines) is 2. The topological polar surface area (TPSA) is 158 Å². The minimum Gasteiger partial charge on any atom is -0.453 e. The van der Waals surface area contributed by atoms with Gasteiger partial charge in [-0.25, -0.2) is 24.5 Å². The molecule has 0 spiro atoms. The Morgan fingerprint density at radius 1 is 0.875 bits per heavy atom. The number of rotatable bonds is 7. The summed E-state index contributed by atoms with van der Waals surface area (Å²) in [5.74, 6) is 1.35. The Bertz CT molecular complexity index is 2300. The molecular weight excluding hydrogens is 709 g/mol. The molecule has 3 aliphatic rings. The maximum atomic E-state index is 13.7. The standard InChI is InChI=1S/C43H50N8O5/c1-24(2)36(49-41(53)55-6)40(52)50-19-7-10-35(50)39-46-32-18-12-25-21-26(11-15-29(25)37(32)48-39)30-16-13-27-22-28(14-17-31(27)45-30)33-23-44-38(47-33)34-9-8-20-51(34)42(54)56-43(3,4)5/h11,13-17,21-24,34-36H,7-10,12,18-20H2,1-6H3,(H,44,47)(H,46,48)(H,49,53)/t34-,35-,36-/m0/s1. The number of aryl methyl sites for hydroxylation is 2. The lowest BCUT2D eigenvalue weighted by Gasteiger charge is -2.30. The molecule has 292 valence electrons. The van der Waals surface area contributed by atoms with Gasteiger partial charge in [-0.3, -0.25) is 9.69 Å². The molecule has 1 aliphatic carbocycles. The van der Waals surface area contributed by atoms with Crippen molar-refractivity contribution >= 4 is 29.0 Å². The fraction of sp³-hybridized carbons (Fsp3) is 0.442. The van der Waals surface area contributed by atoms with Crippen molar-refractivity contribution in [3.05, 3.63) is 77.6 Å². The number of H-pyrrole nitrogens is 2.